The lowest BCUT2D eigenvalue weighted by molar-refractivity contribution is -0.0506. The van der Waals surface area contributed by atoms with Crippen LogP contribution in [0.15, 0.2) is 12.7 Å². The second-order valence-corrected chi connectivity index (χ2v) is 3.10. The molecule has 0 aromatic carbocycles. The minimum Gasteiger partial charge on any atom is -0.376 e. The van der Waals surface area contributed by atoms with Crippen molar-refractivity contribution in [3.8, 4) is 0 Å². The first-order chi connectivity index (χ1) is 5.25. The first kappa shape index (κ1) is 8.75. The van der Waals surface area contributed by atoms with Crippen molar-refractivity contribution < 1.29 is 4.74 Å². The summed E-state index contributed by atoms with van der Waals surface area (Å²) in [7, 11) is 0. The number of hydrogen-bond acceptors (Lipinski definition) is 2. The summed E-state index contributed by atoms with van der Waals surface area (Å²) in [5.74, 6) is 0. The summed E-state index contributed by atoms with van der Waals surface area (Å²) in [5.41, 5.74) is 0. The van der Waals surface area contributed by atoms with Gasteiger partial charge in [0.2, 0.25) is 0 Å². The molecule has 0 radical (unpaired) electrons. The van der Waals surface area contributed by atoms with Gasteiger partial charge in [-0.1, -0.05) is 6.08 Å². The molecule has 0 saturated carbocycles. The minimum absolute atomic E-state index is 0.365. The number of hydrogen-bond donors (Lipinski definition) is 0. The number of morpholine rings is 1. The van der Waals surface area contributed by atoms with Crippen molar-refractivity contribution in [1.82, 2.24) is 4.90 Å². The Morgan fingerprint density at radius 2 is 2.36 bits per heavy atom. The Hall–Kier alpha value is -0.340. The van der Waals surface area contributed by atoms with E-state index in [2.05, 4.69) is 25.3 Å². The SMILES string of the molecule is C=CCN1CCOC(C)C1C. The highest BCUT2D eigenvalue weighted by atomic mass is 16.5. The molecule has 0 bridgehead atoms. The zero-order valence-electron chi connectivity index (χ0n) is 7.42. The van der Waals surface area contributed by atoms with Crippen molar-refractivity contribution in [2.75, 3.05) is 19.7 Å². The zero-order chi connectivity index (χ0) is 8.27. The van der Waals surface area contributed by atoms with Crippen LogP contribution < -0.4 is 0 Å². The van der Waals surface area contributed by atoms with Gasteiger partial charge in [-0.2, -0.15) is 0 Å². The van der Waals surface area contributed by atoms with Crippen LogP contribution in [0.3, 0.4) is 0 Å². The lowest BCUT2D eigenvalue weighted by Gasteiger charge is -2.37. The predicted octanol–water partition coefficient (Wildman–Crippen LogP) is 1.28. The van der Waals surface area contributed by atoms with Crippen LogP contribution >= 0.6 is 0 Å². The molecular weight excluding hydrogens is 138 g/mol. The zero-order valence-corrected chi connectivity index (χ0v) is 7.42. The Morgan fingerprint density at radius 1 is 1.64 bits per heavy atom. The largest absolute Gasteiger partial charge is 0.376 e. The maximum Gasteiger partial charge on any atom is 0.0700 e. The van der Waals surface area contributed by atoms with Crippen LogP contribution in [0.25, 0.3) is 0 Å². The van der Waals surface area contributed by atoms with E-state index in [1.807, 2.05) is 6.08 Å². The lowest BCUT2D eigenvalue weighted by atomic mass is 10.1. The second-order valence-electron chi connectivity index (χ2n) is 3.10. The molecule has 2 atom stereocenters. The minimum atomic E-state index is 0.365. The standard InChI is InChI=1S/C9H17NO/c1-4-5-10-6-7-11-9(3)8(10)2/h4,8-9H,1,5-7H2,2-3H3. The third-order valence-corrected chi connectivity index (χ3v) is 2.38. The number of nitrogens with zero attached hydrogens (tertiary/aromatic N) is 1. The monoisotopic (exact) mass is 155 g/mol. The quantitative estimate of drug-likeness (QED) is 0.557. The van der Waals surface area contributed by atoms with Crippen molar-refractivity contribution in [3.63, 3.8) is 0 Å². The molecule has 0 aromatic heterocycles. The summed E-state index contributed by atoms with van der Waals surface area (Å²) in [6, 6.07) is 0.529. The highest BCUT2D eigenvalue weighted by molar-refractivity contribution is 4.82. The molecule has 0 amide bonds. The third kappa shape index (κ3) is 2.04. The Kier molecular flexibility index (Phi) is 3.09. The fraction of sp³-hybridized carbons (Fsp3) is 0.778. The van der Waals surface area contributed by atoms with Crippen LogP contribution in [-0.2, 0) is 4.74 Å². The second kappa shape index (κ2) is 3.88. The van der Waals surface area contributed by atoms with E-state index >= 15 is 0 Å². The summed E-state index contributed by atoms with van der Waals surface area (Å²) in [5, 5.41) is 0. The Bertz CT molecular complexity index is 136. The van der Waals surface area contributed by atoms with Crippen LogP contribution in [0.5, 0.6) is 0 Å². The van der Waals surface area contributed by atoms with Crippen LogP contribution in [0.1, 0.15) is 13.8 Å². The molecule has 1 fully saturated rings. The fourth-order valence-corrected chi connectivity index (χ4v) is 1.42. The molecule has 1 aliphatic heterocycles. The molecule has 0 aliphatic carbocycles. The van der Waals surface area contributed by atoms with E-state index < -0.39 is 0 Å². The fourth-order valence-electron chi connectivity index (χ4n) is 1.42. The van der Waals surface area contributed by atoms with Gasteiger partial charge in [-0.15, -0.1) is 6.58 Å². The Labute approximate surface area is 68.8 Å². The van der Waals surface area contributed by atoms with Gasteiger partial charge in [0.25, 0.3) is 0 Å². The Morgan fingerprint density at radius 3 is 3.00 bits per heavy atom. The average molecular weight is 155 g/mol. The summed E-state index contributed by atoms with van der Waals surface area (Å²) in [6.07, 6.45) is 2.32. The van der Waals surface area contributed by atoms with E-state index in [0.29, 0.717) is 12.1 Å². The third-order valence-electron chi connectivity index (χ3n) is 2.38. The molecule has 0 N–H and O–H groups in total. The van der Waals surface area contributed by atoms with E-state index in [0.717, 1.165) is 19.7 Å². The molecule has 0 spiro atoms. The van der Waals surface area contributed by atoms with Crippen LogP contribution in [-0.4, -0.2) is 36.7 Å². The van der Waals surface area contributed by atoms with Crippen molar-refractivity contribution in [2.45, 2.75) is 26.0 Å². The van der Waals surface area contributed by atoms with E-state index in [9.17, 15) is 0 Å². The first-order valence-corrected chi connectivity index (χ1v) is 4.22. The van der Waals surface area contributed by atoms with E-state index in [-0.39, 0.29) is 0 Å². The molecule has 0 aromatic rings. The van der Waals surface area contributed by atoms with Gasteiger partial charge < -0.3 is 4.74 Å². The van der Waals surface area contributed by atoms with Crippen molar-refractivity contribution in [1.29, 1.82) is 0 Å². The van der Waals surface area contributed by atoms with Gasteiger partial charge in [-0.3, -0.25) is 4.90 Å². The van der Waals surface area contributed by atoms with Gasteiger partial charge in [0.05, 0.1) is 12.7 Å². The number of rotatable bonds is 2. The van der Waals surface area contributed by atoms with Crippen molar-refractivity contribution in [2.24, 2.45) is 0 Å². The molecular formula is C9H17NO. The van der Waals surface area contributed by atoms with Gasteiger partial charge >= 0.3 is 0 Å². The molecule has 64 valence electrons. The summed E-state index contributed by atoms with van der Waals surface area (Å²) >= 11 is 0. The molecule has 1 heterocycles. The molecule has 2 nitrogen and oxygen atoms in total. The molecule has 1 rings (SSSR count). The van der Waals surface area contributed by atoms with E-state index in [1.165, 1.54) is 0 Å². The maximum atomic E-state index is 5.49. The van der Waals surface area contributed by atoms with Gasteiger partial charge in [0.1, 0.15) is 0 Å². The lowest BCUT2D eigenvalue weighted by Crippen LogP contribution is -2.48. The van der Waals surface area contributed by atoms with E-state index in [4.69, 9.17) is 4.74 Å². The highest BCUT2D eigenvalue weighted by Crippen LogP contribution is 2.12. The highest BCUT2D eigenvalue weighted by Gasteiger charge is 2.23. The predicted molar refractivity (Wildman–Crippen MR) is 46.6 cm³/mol. The van der Waals surface area contributed by atoms with Crippen LogP contribution in [0.2, 0.25) is 0 Å². The van der Waals surface area contributed by atoms with Crippen LogP contribution in [0, 0.1) is 0 Å². The van der Waals surface area contributed by atoms with E-state index in [1.54, 1.807) is 0 Å². The van der Waals surface area contributed by atoms with Gasteiger partial charge in [0.15, 0.2) is 0 Å². The molecule has 1 aliphatic rings. The maximum absolute atomic E-state index is 5.49. The normalized spacial score (nSPS) is 33.6. The van der Waals surface area contributed by atoms with Crippen molar-refractivity contribution >= 4 is 0 Å². The molecule has 1 saturated heterocycles. The topological polar surface area (TPSA) is 12.5 Å². The summed E-state index contributed by atoms with van der Waals surface area (Å²) in [4.78, 5) is 2.39. The van der Waals surface area contributed by atoms with Gasteiger partial charge in [-0.05, 0) is 13.8 Å². The average Bonchev–Trinajstić information content (AvgIpc) is 1.99. The summed E-state index contributed by atoms with van der Waals surface area (Å²) in [6.45, 7) is 10.9. The first-order valence-electron chi connectivity index (χ1n) is 4.22. The molecule has 11 heavy (non-hydrogen) atoms. The van der Waals surface area contributed by atoms with Gasteiger partial charge in [0, 0.05) is 19.1 Å². The van der Waals surface area contributed by atoms with Gasteiger partial charge in [-0.25, -0.2) is 0 Å². The van der Waals surface area contributed by atoms with Crippen LogP contribution in [0.4, 0.5) is 0 Å². The molecule has 2 unspecified atom stereocenters. The Balaban J connectivity index is 2.43. The number of ether oxygens (including phenoxy) is 1. The smallest absolute Gasteiger partial charge is 0.0700 e. The summed E-state index contributed by atoms with van der Waals surface area (Å²) < 4.78 is 5.49. The molecule has 2 heteroatoms. The van der Waals surface area contributed by atoms with Crippen molar-refractivity contribution in [3.05, 3.63) is 12.7 Å².